The average Bonchev–Trinajstić information content (AvgIpc) is 3.15. The van der Waals surface area contributed by atoms with Crippen LogP contribution in [0.1, 0.15) is 18.1 Å². The Morgan fingerprint density at radius 1 is 0.778 bits per heavy atom. The van der Waals surface area contributed by atoms with Gasteiger partial charge in [-0.25, -0.2) is 4.79 Å². The molecule has 0 aromatic heterocycles. The molecule has 0 radical (unpaired) electrons. The number of aromatic hydroxyl groups is 3. The SMILES string of the molecule is COc1cc(/C=C\C(=O)O[C@H]2[C@H](O[C@@H]3O[C@@H](C)[C@H](O)[C@@H](O)[C@H]3O)[C@@H](O)[C@H](OCCc3ccc(O)c(O)c3)O[C@@H]2CO[C@@H]2OC[C@H](O)[C@H](O)[C@H]2O)ccc1O. The number of phenols is 3. The fourth-order valence-electron chi connectivity index (χ4n) is 6.01. The van der Waals surface area contributed by atoms with Gasteiger partial charge in [0.25, 0.3) is 0 Å². The molecule has 3 heterocycles. The summed E-state index contributed by atoms with van der Waals surface area (Å²) in [6.07, 6.45) is -19.6. The van der Waals surface area contributed by atoms with Gasteiger partial charge in [-0.3, -0.25) is 0 Å². The van der Waals surface area contributed by atoms with Crippen LogP contribution in [0.2, 0.25) is 0 Å². The summed E-state index contributed by atoms with van der Waals surface area (Å²) in [6.45, 7) is 0.285. The fourth-order valence-corrected chi connectivity index (χ4v) is 6.01. The lowest BCUT2D eigenvalue weighted by Crippen LogP contribution is -2.65. The Hall–Kier alpha value is -3.67. The molecule has 19 heteroatoms. The molecule has 300 valence electrons. The number of rotatable bonds is 13. The molecule has 0 saturated carbocycles. The normalized spacial score (nSPS) is 35.9. The van der Waals surface area contributed by atoms with Gasteiger partial charge in [0.1, 0.15) is 54.9 Å². The molecule has 3 saturated heterocycles. The maximum atomic E-state index is 13.3. The molecule has 3 aliphatic heterocycles. The number of benzene rings is 2. The molecule has 0 unspecified atom stereocenters. The Labute approximate surface area is 308 Å². The van der Waals surface area contributed by atoms with Gasteiger partial charge in [0.05, 0.1) is 33.0 Å². The lowest BCUT2D eigenvalue weighted by molar-refractivity contribution is -0.362. The number of aliphatic hydroxyl groups excluding tert-OH is 7. The molecule has 3 fully saturated rings. The first-order valence-corrected chi connectivity index (χ1v) is 17.0. The summed E-state index contributed by atoms with van der Waals surface area (Å²) < 4.78 is 45.4. The Morgan fingerprint density at radius 2 is 1.50 bits per heavy atom. The van der Waals surface area contributed by atoms with Crippen LogP contribution in [-0.2, 0) is 44.4 Å². The fraction of sp³-hybridized carbons (Fsp3) is 0.571. The number of hydrogen-bond donors (Lipinski definition) is 10. The number of aliphatic hydroxyl groups is 7. The monoisotopic (exact) mass is 770 g/mol. The maximum Gasteiger partial charge on any atom is 0.331 e. The van der Waals surface area contributed by atoms with Crippen molar-refractivity contribution in [3.8, 4) is 23.0 Å². The number of hydrogen-bond acceptors (Lipinski definition) is 19. The van der Waals surface area contributed by atoms with Crippen LogP contribution in [0.15, 0.2) is 42.5 Å². The highest BCUT2D eigenvalue weighted by atomic mass is 16.8. The molecule has 5 rings (SSSR count). The second-order valence-corrected chi connectivity index (χ2v) is 13.0. The summed E-state index contributed by atoms with van der Waals surface area (Å²) in [6, 6.07) is 8.39. The molecule has 2 aromatic carbocycles. The molecular weight excluding hydrogens is 724 g/mol. The summed E-state index contributed by atoms with van der Waals surface area (Å²) in [4.78, 5) is 13.3. The number of phenolic OH excluding ortho intramolecular Hbond substituents is 3. The van der Waals surface area contributed by atoms with E-state index in [0.717, 1.165) is 6.08 Å². The second-order valence-electron chi connectivity index (χ2n) is 13.0. The van der Waals surface area contributed by atoms with E-state index < -0.39 is 105 Å². The van der Waals surface area contributed by atoms with Crippen molar-refractivity contribution < 1.29 is 93.8 Å². The van der Waals surface area contributed by atoms with Gasteiger partial charge in [0.2, 0.25) is 0 Å². The second kappa shape index (κ2) is 18.3. The van der Waals surface area contributed by atoms with E-state index in [9.17, 15) is 55.9 Å². The molecule has 0 bridgehead atoms. The number of esters is 1. The highest BCUT2D eigenvalue weighted by molar-refractivity contribution is 5.87. The van der Waals surface area contributed by atoms with Crippen molar-refractivity contribution in [1.82, 2.24) is 0 Å². The van der Waals surface area contributed by atoms with Crippen molar-refractivity contribution >= 4 is 12.0 Å². The van der Waals surface area contributed by atoms with Crippen molar-refractivity contribution in [3.63, 3.8) is 0 Å². The molecule has 19 nitrogen and oxygen atoms in total. The summed E-state index contributed by atoms with van der Waals surface area (Å²) >= 11 is 0. The molecular formula is C35H46O19. The molecule has 54 heavy (non-hydrogen) atoms. The van der Waals surface area contributed by atoms with E-state index in [4.69, 9.17) is 37.9 Å². The zero-order chi connectivity index (χ0) is 39.3. The predicted molar refractivity (Wildman–Crippen MR) is 179 cm³/mol. The summed E-state index contributed by atoms with van der Waals surface area (Å²) in [5.41, 5.74) is 0.964. The van der Waals surface area contributed by atoms with Crippen LogP contribution in [0.5, 0.6) is 23.0 Å². The van der Waals surface area contributed by atoms with Crippen LogP contribution < -0.4 is 4.74 Å². The molecule has 10 N–H and O–H groups in total. The van der Waals surface area contributed by atoms with Gasteiger partial charge in [-0.15, -0.1) is 0 Å². The third-order valence-corrected chi connectivity index (χ3v) is 9.17. The van der Waals surface area contributed by atoms with Crippen molar-refractivity contribution in [2.75, 3.05) is 26.9 Å². The zero-order valence-electron chi connectivity index (χ0n) is 29.2. The van der Waals surface area contributed by atoms with Gasteiger partial charge in [0, 0.05) is 6.08 Å². The molecule has 3 aliphatic rings. The van der Waals surface area contributed by atoms with Crippen LogP contribution in [0.3, 0.4) is 0 Å². The lowest BCUT2D eigenvalue weighted by atomic mass is 9.96. The van der Waals surface area contributed by atoms with E-state index in [1.54, 1.807) is 0 Å². The molecule has 2 aromatic rings. The maximum absolute atomic E-state index is 13.3. The van der Waals surface area contributed by atoms with E-state index in [1.165, 1.54) is 56.5 Å². The van der Waals surface area contributed by atoms with Gasteiger partial charge in [-0.2, -0.15) is 0 Å². The van der Waals surface area contributed by atoms with Crippen LogP contribution >= 0.6 is 0 Å². The Balaban J connectivity index is 1.42. The van der Waals surface area contributed by atoms with E-state index >= 15 is 0 Å². The number of ether oxygens (including phenoxy) is 8. The first kappa shape index (κ1) is 41.5. The Bertz CT molecular complexity index is 1570. The summed E-state index contributed by atoms with van der Waals surface area (Å²) in [7, 11) is 1.34. The van der Waals surface area contributed by atoms with Crippen LogP contribution in [-0.4, -0.2) is 170 Å². The van der Waals surface area contributed by atoms with Crippen LogP contribution in [0.25, 0.3) is 6.08 Å². The average molecular weight is 771 g/mol. The molecule has 14 atom stereocenters. The zero-order valence-corrected chi connectivity index (χ0v) is 29.2. The number of methoxy groups -OCH3 is 1. The van der Waals surface area contributed by atoms with Gasteiger partial charge in [-0.1, -0.05) is 12.1 Å². The highest BCUT2D eigenvalue weighted by Gasteiger charge is 2.53. The van der Waals surface area contributed by atoms with Crippen molar-refractivity contribution in [2.45, 2.75) is 99.4 Å². The standard InChI is InChI=1S/C35H46O19/c1-15-25(41)27(43)29(45)35(51-15)54-32-30(46)34(48-10-9-17-3-6-18(36)20(38)11-17)52-23(14-50-33-28(44)26(42)21(39)13-49-33)31(32)53-24(40)8-5-16-4-7-19(37)22(12-16)47-2/h3-8,11-12,15,21,23,25-39,41-46H,9-10,13-14H2,1-2H3/b8-5-/t15-,21-,23+,25-,26-,27+,28+,29+,30+,31+,32+,33-,34+,35-/m0/s1. The largest absolute Gasteiger partial charge is 0.504 e. The third-order valence-electron chi connectivity index (χ3n) is 9.17. The van der Waals surface area contributed by atoms with E-state index in [-0.39, 0.29) is 36.0 Å². The lowest BCUT2D eigenvalue weighted by Gasteiger charge is -2.47. The highest BCUT2D eigenvalue weighted by Crippen LogP contribution is 2.33. The molecule has 0 aliphatic carbocycles. The van der Waals surface area contributed by atoms with Crippen molar-refractivity contribution in [3.05, 3.63) is 53.6 Å². The quantitative estimate of drug-likeness (QED) is 0.0585. The minimum absolute atomic E-state index is 0.130. The molecule has 0 amide bonds. The van der Waals surface area contributed by atoms with E-state index in [1.807, 2.05) is 0 Å². The van der Waals surface area contributed by atoms with Crippen molar-refractivity contribution in [1.29, 1.82) is 0 Å². The van der Waals surface area contributed by atoms with Gasteiger partial charge in [-0.05, 0) is 54.8 Å². The van der Waals surface area contributed by atoms with Crippen LogP contribution in [0.4, 0.5) is 0 Å². The predicted octanol–water partition coefficient (Wildman–Crippen LogP) is -2.25. The van der Waals surface area contributed by atoms with E-state index in [2.05, 4.69) is 0 Å². The minimum atomic E-state index is -1.85. The third kappa shape index (κ3) is 9.76. The Morgan fingerprint density at radius 3 is 2.22 bits per heavy atom. The topological polar surface area (TPSA) is 293 Å². The first-order valence-electron chi connectivity index (χ1n) is 17.0. The number of carbonyl (C=O) groups is 1. The van der Waals surface area contributed by atoms with Gasteiger partial charge < -0.3 is 89.0 Å². The summed E-state index contributed by atoms with van der Waals surface area (Å²) in [5, 5.41) is 103. The number of carbonyl (C=O) groups excluding carboxylic acids is 1. The van der Waals surface area contributed by atoms with Crippen molar-refractivity contribution in [2.24, 2.45) is 0 Å². The molecule has 0 spiro atoms. The minimum Gasteiger partial charge on any atom is -0.504 e. The van der Waals surface area contributed by atoms with Gasteiger partial charge >= 0.3 is 5.97 Å². The van der Waals surface area contributed by atoms with Crippen LogP contribution in [0, 0.1) is 0 Å². The van der Waals surface area contributed by atoms with E-state index in [0.29, 0.717) is 11.1 Å². The smallest absolute Gasteiger partial charge is 0.331 e. The first-order chi connectivity index (χ1) is 25.7. The summed E-state index contributed by atoms with van der Waals surface area (Å²) in [5.74, 6) is -1.72. The Kier molecular flexibility index (Phi) is 14.1. The van der Waals surface area contributed by atoms with Gasteiger partial charge in [0.15, 0.2) is 48.0 Å².